The second kappa shape index (κ2) is 25.3. The first kappa shape index (κ1) is 56.9. The van der Waals surface area contributed by atoms with Gasteiger partial charge in [0.1, 0.15) is 57.1 Å². The first-order valence-electron chi connectivity index (χ1n) is 27.6. The fourth-order valence-electron chi connectivity index (χ4n) is 10.9. The summed E-state index contributed by atoms with van der Waals surface area (Å²) in [5.74, 6) is -2.35. The lowest BCUT2D eigenvalue weighted by Gasteiger charge is -2.50. The van der Waals surface area contributed by atoms with Crippen LogP contribution in [0.1, 0.15) is 60.4 Å². The number of hydrogen-bond acceptors (Lipinski definition) is 12. The molecule has 2 aliphatic rings. The molecule has 0 unspecified atom stereocenters. The average molecular weight is 1170 g/mol. The van der Waals surface area contributed by atoms with Crippen LogP contribution in [-0.4, -0.2) is 74.9 Å². The molecule has 0 saturated carbocycles. The summed E-state index contributed by atoms with van der Waals surface area (Å²) < 4.78 is 12.2. The molecule has 2 aliphatic heterocycles. The minimum absolute atomic E-state index is 0.120. The maximum Gasteiger partial charge on any atom is 0.356 e. The number of oxime groups is 1. The van der Waals surface area contributed by atoms with Crippen molar-refractivity contribution in [3.63, 3.8) is 0 Å². The molecule has 12 nitrogen and oxygen atoms in total. The van der Waals surface area contributed by atoms with Crippen molar-refractivity contribution in [2.24, 2.45) is 5.16 Å². The molecule has 0 bridgehead atoms. The Bertz CT molecular complexity index is 3570. The van der Waals surface area contributed by atoms with Gasteiger partial charge in [-0.15, -0.1) is 23.1 Å². The molecule has 0 spiro atoms. The number of aromatic nitrogens is 1. The van der Waals surface area contributed by atoms with Crippen LogP contribution in [0.5, 0.6) is 0 Å². The third-order valence-electron chi connectivity index (χ3n) is 14.6. The number of carbonyl (C=O) groups excluding carboxylic acids is 4. The highest BCUT2D eigenvalue weighted by Crippen LogP contribution is 2.58. The fraction of sp³-hybridized carbons (Fsp3) is 0.159. The molecule has 2 N–H and O–H groups in total. The second-order valence-corrected chi connectivity index (χ2v) is 26.7. The van der Waals surface area contributed by atoms with Crippen molar-refractivity contribution in [1.82, 2.24) is 15.2 Å². The predicted octanol–water partition coefficient (Wildman–Crippen LogP) is 11.6. The number of fused-ring (bicyclic) bond motifs is 1. The largest absolute Gasteiger partial charge is 0.457 e. The van der Waals surface area contributed by atoms with E-state index in [9.17, 15) is 4.79 Å². The zero-order valence-corrected chi connectivity index (χ0v) is 49.0. The van der Waals surface area contributed by atoms with E-state index in [0.29, 0.717) is 17.0 Å². The van der Waals surface area contributed by atoms with E-state index in [4.69, 9.17) is 19.3 Å². The molecule has 3 heterocycles. The minimum atomic E-state index is -2.63. The summed E-state index contributed by atoms with van der Waals surface area (Å²) in [7, 11) is -2.63. The number of ether oxygens (including phenoxy) is 2. The predicted molar refractivity (Wildman–Crippen MR) is 336 cm³/mol. The summed E-state index contributed by atoms with van der Waals surface area (Å²) in [5.41, 5.74) is 3.28. The Morgan fingerprint density at radius 3 is 1.54 bits per heavy atom. The molecular formula is C69H61N5O7PS2+. The number of anilines is 1. The Morgan fingerprint density at radius 1 is 0.643 bits per heavy atom. The van der Waals surface area contributed by atoms with Crippen LogP contribution in [0.4, 0.5) is 5.13 Å². The average Bonchev–Trinajstić information content (AvgIpc) is 1.62. The summed E-state index contributed by atoms with van der Waals surface area (Å²) in [6.07, 6.45) is -0.413. The first-order chi connectivity index (χ1) is 40.9. The Balaban J connectivity index is 0.967. The number of rotatable bonds is 20. The second-order valence-electron chi connectivity index (χ2n) is 21.2. The highest BCUT2D eigenvalue weighted by Gasteiger charge is 2.57. The van der Waals surface area contributed by atoms with Crippen LogP contribution >= 0.6 is 30.4 Å². The van der Waals surface area contributed by atoms with Gasteiger partial charge in [0.05, 0.1) is 6.16 Å². The highest BCUT2D eigenvalue weighted by atomic mass is 32.2. The van der Waals surface area contributed by atoms with Gasteiger partial charge in [0, 0.05) is 16.7 Å². The number of hydrogen-bond donors (Lipinski definition) is 2. The van der Waals surface area contributed by atoms with Crippen LogP contribution in [0.25, 0.3) is 0 Å². The summed E-state index contributed by atoms with van der Waals surface area (Å²) >= 11 is 2.71. The van der Waals surface area contributed by atoms with Crippen LogP contribution in [0.3, 0.4) is 0 Å². The number of carbonyl (C=O) groups is 4. The molecule has 1 aromatic heterocycles. The lowest BCUT2D eigenvalue weighted by Crippen LogP contribution is -2.71. The molecule has 15 heteroatoms. The van der Waals surface area contributed by atoms with Gasteiger partial charge in [0.15, 0.2) is 16.9 Å². The fourth-order valence-corrected chi connectivity index (χ4v) is 17.5. The Morgan fingerprint density at radius 2 is 1.08 bits per heavy atom. The molecule has 8 aromatic carbocycles. The van der Waals surface area contributed by atoms with Gasteiger partial charge in [-0.1, -0.05) is 211 Å². The van der Waals surface area contributed by atoms with Gasteiger partial charge in [-0.2, -0.15) is 0 Å². The van der Waals surface area contributed by atoms with E-state index in [2.05, 4.69) is 88.6 Å². The third kappa shape index (κ3) is 12.0. The number of thioether (sulfide) groups is 1. The Labute approximate surface area is 498 Å². The molecule has 0 radical (unpaired) electrons. The van der Waals surface area contributed by atoms with Gasteiger partial charge in [0.25, 0.3) is 11.8 Å². The molecule has 2 atom stereocenters. The van der Waals surface area contributed by atoms with Crippen molar-refractivity contribution in [3.05, 3.63) is 293 Å². The van der Waals surface area contributed by atoms with Crippen LogP contribution < -0.4 is 26.5 Å². The maximum absolute atomic E-state index is 15.6. The number of β-lactam (4-membered cyclic amide) rings is 1. The van der Waals surface area contributed by atoms with E-state index < -0.39 is 66.3 Å². The zero-order valence-electron chi connectivity index (χ0n) is 46.5. The molecule has 84 heavy (non-hydrogen) atoms. The van der Waals surface area contributed by atoms with E-state index in [1.807, 2.05) is 170 Å². The van der Waals surface area contributed by atoms with E-state index in [0.717, 1.165) is 49.3 Å². The molecule has 1 saturated heterocycles. The maximum atomic E-state index is 15.6. The van der Waals surface area contributed by atoms with Gasteiger partial charge in [0.2, 0.25) is 6.61 Å². The molecule has 1 fully saturated rings. The minimum Gasteiger partial charge on any atom is -0.457 e. The van der Waals surface area contributed by atoms with E-state index in [1.165, 1.54) is 28.0 Å². The van der Waals surface area contributed by atoms with Crippen LogP contribution in [0, 0.1) is 0 Å². The van der Waals surface area contributed by atoms with Gasteiger partial charge in [-0.25, -0.2) is 14.6 Å². The molecule has 9 aromatic rings. The van der Waals surface area contributed by atoms with E-state index in [1.54, 1.807) is 26.2 Å². The summed E-state index contributed by atoms with van der Waals surface area (Å²) in [6, 6.07) is 79.2. The van der Waals surface area contributed by atoms with Crippen LogP contribution in [0.2, 0.25) is 0 Å². The van der Waals surface area contributed by atoms with E-state index in [-0.39, 0.29) is 17.1 Å². The van der Waals surface area contributed by atoms with Gasteiger partial charge in [-0.05, 0) is 85.0 Å². The smallest absolute Gasteiger partial charge is 0.356 e. The summed E-state index contributed by atoms with van der Waals surface area (Å²) in [5, 5.41) is 15.7. The van der Waals surface area contributed by atoms with Crippen molar-refractivity contribution in [2.45, 2.75) is 49.4 Å². The van der Waals surface area contributed by atoms with Crippen molar-refractivity contribution in [2.75, 3.05) is 23.8 Å². The molecule has 2 amide bonds. The number of nitrogens with zero attached hydrogens (tertiary/aromatic N) is 3. The SMILES string of the molecule is CC(C)(C)OC(=O)CO/N=C(/C(=O)N[C@@H]1C(=O)N2C(C(=O)OC(c3ccccc3)c3ccccc3)=C(C[P+](c3ccccc3)(c3ccccc3)c3ccccc3)CS[C@H]12)c1csc(NC(c2ccccc2)(c2ccccc2)c2ccccc2)n1. The first-order valence-corrected chi connectivity index (χ1v) is 31.5. The van der Waals surface area contributed by atoms with Crippen molar-refractivity contribution < 1.29 is 33.5 Å². The normalized spacial score (nSPS) is 15.4. The summed E-state index contributed by atoms with van der Waals surface area (Å²) in [6.45, 7) is 4.60. The van der Waals surface area contributed by atoms with Gasteiger partial charge < -0.3 is 24.9 Å². The number of amides is 2. The number of benzene rings is 8. The van der Waals surface area contributed by atoms with Gasteiger partial charge >= 0.3 is 11.9 Å². The lowest BCUT2D eigenvalue weighted by atomic mass is 9.77. The highest BCUT2D eigenvalue weighted by molar-refractivity contribution is 8.00. The topological polar surface area (TPSA) is 149 Å². The van der Waals surface area contributed by atoms with Crippen molar-refractivity contribution in [1.29, 1.82) is 0 Å². The standard InChI is InChI=1S/C69H60N5O7PS2/c1-68(2,3)81-58(75)44-79-73-59(57-47-84-67(70-57)72-69(51-32-16-6-17-33-51,52-34-18-7-19-35-52)53-36-20-8-21-37-53)63(76)71-60-64(77)74-61(66(78)80-62(48-28-12-4-13-29-48)49-30-14-5-15-31-49)50(46-83-65(60)74)45-82(54-38-22-9-23-39-54,55-40-24-10-25-41-55)56-42-26-11-27-43-56/h4-43,47,60,62,65H,44-46H2,1-3H3,(H-,70,71,72,76)/p+1/b73-59+/t60-,65-/m1/s1. The monoisotopic (exact) mass is 1170 g/mol. The zero-order chi connectivity index (χ0) is 58.1. The lowest BCUT2D eigenvalue weighted by molar-refractivity contribution is -0.160. The van der Waals surface area contributed by atoms with Gasteiger partial charge in [-0.3, -0.25) is 14.5 Å². The molecular weight excluding hydrogens is 1110 g/mol. The number of esters is 2. The third-order valence-corrected chi connectivity index (χ3v) is 21.1. The molecule has 0 aliphatic carbocycles. The molecule has 11 rings (SSSR count). The van der Waals surface area contributed by atoms with Crippen LogP contribution in [0.15, 0.2) is 264 Å². The van der Waals surface area contributed by atoms with Crippen LogP contribution in [-0.2, 0) is 39.0 Å². The number of thiazole rings is 1. The Kier molecular flexibility index (Phi) is 17.1. The summed E-state index contributed by atoms with van der Waals surface area (Å²) in [4.78, 5) is 71.0. The van der Waals surface area contributed by atoms with Crippen molar-refractivity contribution in [3.8, 4) is 0 Å². The molecule has 420 valence electrons. The number of nitrogens with one attached hydrogen (secondary N) is 2. The Hall–Kier alpha value is -8.94. The van der Waals surface area contributed by atoms with E-state index >= 15 is 14.4 Å². The van der Waals surface area contributed by atoms with Crippen molar-refractivity contribution >= 4 is 80.9 Å². The quantitative estimate of drug-likeness (QED) is 0.0189.